The van der Waals surface area contributed by atoms with Gasteiger partial charge in [-0.3, -0.25) is 0 Å². The Kier molecular flexibility index (Phi) is 20.5. The lowest BCUT2D eigenvalue weighted by Crippen LogP contribution is -2.31. The van der Waals surface area contributed by atoms with Crippen LogP contribution in [0.1, 0.15) is 20.8 Å². The van der Waals surface area contributed by atoms with Crippen molar-refractivity contribution in [3.05, 3.63) is 5.21 Å². The van der Waals surface area contributed by atoms with Gasteiger partial charge in [0.15, 0.2) is 0 Å². The molecule has 0 heterocycles. The van der Waals surface area contributed by atoms with Crippen molar-refractivity contribution < 1.29 is 4.65 Å². The molecule has 3 N–H and O–H groups in total. The second-order valence-corrected chi connectivity index (χ2v) is 3.01. The van der Waals surface area contributed by atoms with Crippen LogP contribution in [0.25, 0.3) is 0 Å². The Morgan fingerprint density at radius 2 is 1.38 bits per heavy atom. The molecule has 0 radical (unpaired) electrons. The minimum atomic E-state index is -0.181. The molecule has 0 aromatic heterocycles. The average Bonchev–Trinajstić information content (AvgIpc) is 2.05. The van der Waals surface area contributed by atoms with E-state index in [0.29, 0.717) is 6.54 Å². The molecule has 0 spiro atoms. The number of quaternary nitrogens is 1. The van der Waals surface area contributed by atoms with Crippen LogP contribution < -0.4 is 11.1 Å². The van der Waals surface area contributed by atoms with Gasteiger partial charge in [0.1, 0.15) is 0 Å². The quantitative estimate of drug-likeness (QED) is 0.503. The van der Waals surface area contributed by atoms with Crippen LogP contribution in [-0.4, -0.2) is 45.4 Å². The lowest BCUT2D eigenvalue weighted by atomic mass is 10.7. The highest BCUT2D eigenvalue weighted by Gasteiger charge is 1.90. The number of nitrogens with one attached hydrogen (secondary N) is 1. The summed E-state index contributed by atoms with van der Waals surface area (Å²) in [7, 11) is 5.18. The maximum atomic E-state index is 10.4. The normalized spacial score (nSPS) is 9.23. The molecule has 0 atom stereocenters. The Hall–Kier alpha value is -0.160. The summed E-state index contributed by atoms with van der Waals surface area (Å²) in [6.45, 7) is 8.31. The van der Waals surface area contributed by atoms with E-state index < -0.39 is 0 Å². The maximum Gasteiger partial charge on any atom is 0.0751 e. The van der Waals surface area contributed by atoms with Crippen molar-refractivity contribution in [2.75, 3.05) is 40.8 Å². The largest absolute Gasteiger partial charge is 0.633 e. The fraction of sp³-hybridized carbons (Fsp3) is 1.00. The van der Waals surface area contributed by atoms with E-state index >= 15 is 0 Å². The van der Waals surface area contributed by atoms with Crippen molar-refractivity contribution in [3.63, 3.8) is 0 Å². The van der Waals surface area contributed by atoms with Gasteiger partial charge >= 0.3 is 0 Å². The van der Waals surface area contributed by atoms with Gasteiger partial charge < -0.3 is 20.9 Å². The summed E-state index contributed by atoms with van der Waals surface area (Å²) in [5.41, 5.74) is 4.85. The van der Waals surface area contributed by atoms with Gasteiger partial charge in [0.05, 0.1) is 20.6 Å². The highest BCUT2D eigenvalue weighted by molar-refractivity contribution is 4.17. The zero-order chi connectivity index (χ0) is 11.3. The van der Waals surface area contributed by atoms with Gasteiger partial charge in [0, 0.05) is 0 Å². The van der Waals surface area contributed by atoms with Crippen LogP contribution in [0.5, 0.6) is 0 Å². The first-order valence-electron chi connectivity index (χ1n) is 4.78. The van der Waals surface area contributed by atoms with Crippen molar-refractivity contribution >= 4 is 0 Å². The predicted octanol–water partition coefficient (Wildman–Crippen LogP) is 0.771. The van der Waals surface area contributed by atoms with Crippen LogP contribution in [0.4, 0.5) is 0 Å². The molecule has 4 nitrogen and oxygen atoms in total. The fourth-order valence-corrected chi connectivity index (χ4v) is 0. The van der Waals surface area contributed by atoms with Crippen molar-refractivity contribution in [2.45, 2.75) is 20.8 Å². The Morgan fingerprint density at radius 3 is 1.38 bits per heavy atom. The first-order valence-corrected chi connectivity index (χ1v) is 4.78. The maximum absolute atomic E-state index is 10.4. The lowest BCUT2D eigenvalue weighted by Gasteiger charge is -2.31. The molecule has 0 fully saturated rings. The van der Waals surface area contributed by atoms with Crippen LogP contribution in [0, 0.1) is 5.21 Å². The van der Waals surface area contributed by atoms with Crippen molar-refractivity contribution in [1.82, 2.24) is 5.32 Å². The zero-order valence-corrected chi connectivity index (χ0v) is 10.1. The molecule has 0 aliphatic rings. The van der Waals surface area contributed by atoms with Gasteiger partial charge in [-0.1, -0.05) is 13.8 Å². The van der Waals surface area contributed by atoms with Crippen LogP contribution in [0.3, 0.4) is 0 Å². The van der Waals surface area contributed by atoms with E-state index in [4.69, 9.17) is 5.73 Å². The molecule has 0 aromatic carbocycles. The third kappa shape index (κ3) is 77.7. The molecule has 0 aliphatic heterocycles. The number of nitrogens with two attached hydrogens (primary N) is 1. The van der Waals surface area contributed by atoms with Crippen LogP contribution in [0.2, 0.25) is 0 Å². The molecule has 0 amide bonds. The molecule has 4 heteroatoms. The van der Waals surface area contributed by atoms with E-state index in [1.165, 1.54) is 0 Å². The highest BCUT2D eigenvalue weighted by atomic mass is 16.5. The molecule has 0 bridgehead atoms. The standard InChI is InChI=1S/C4H11NO.C3H9N.C2H7N/c1-4-5(2,3)6;1-3-4-2;1-2-3/h4H2,1-3H3;4H,3H2,1-2H3;2-3H2,1H3. The summed E-state index contributed by atoms with van der Waals surface area (Å²) < 4.78 is -0.181. The number of hydrogen-bond donors (Lipinski definition) is 2. The molecule has 13 heavy (non-hydrogen) atoms. The second kappa shape index (κ2) is 14.4. The monoisotopic (exact) mass is 193 g/mol. The van der Waals surface area contributed by atoms with Crippen LogP contribution >= 0.6 is 0 Å². The Morgan fingerprint density at radius 1 is 1.23 bits per heavy atom. The SMILES string of the molecule is CCN.CCNC.CC[N+](C)(C)[O-]. The Balaban J connectivity index is -0.000000125. The van der Waals surface area contributed by atoms with Gasteiger partial charge in [-0.05, 0) is 27.1 Å². The minimum absolute atomic E-state index is 0.181. The average molecular weight is 193 g/mol. The number of nitrogens with zero attached hydrogens (tertiary/aromatic N) is 1. The minimum Gasteiger partial charge on any atom is -0.633 e. The topological polar surface area (TPSA) is 61.1 Å². The van der Waals surface area contributed by atoms with E-state index in [-0.39, 0.29) is 4.65 Å². The molecule has 84 valence electrons. The van der Waals surface area contributed by atoms with Gasteiger partial charge in [-0.2, -0.15) is 0 Å². The first kappa shape index (κ1) is 18.6. The van der Waals surface area contributed by atoms with E-state index in [9.17, 15) is 5.21 Å². The smallest absolute Gasteiger partial charge is 0.0751 e. The lowest BCUT2D eigenvalue weighted by molar-refractivity contribution is -0.837. The summed E-state index contributed by atoms with van der Waals surface area (Å²) in [4.78, 5) is 0. The fourth-order valence-electron chi connectivity index (χ4n) is 0. The third-order valence-electron chi connectivity index (χ3n) is 1.12. The predicted molar refractivity (Wildman–Crippen MR) is 60.3 cm³/mol. The third-order valence-corrected chi connectivity index (χ3v) is 1.12. The summed E-state index contributed by atoms with van der Waals surface area (Å²) >= 11 is 0. The van der Waals surface area contributed by atoms with E-state index in [1.54, 1.807) is 14.1 Å². The summed E-state index contributed by atoms with van der Waals surface area (Å²) in [5.74, 6) is 0. The second-order valence-electron chi connectivity index (χ2n) is 3.01. The van der Waals surface area contributed by atoms with Crippen LogP contribution in [-0.2, 0) is 0 Å². The zero-order valence-electron chi connectivity index (χ0n) is 10.1. The first-order chi connectivity index (χ1) is 5.89. The van der Waals surface area contributed by atoms with E-state index in [0.717, 1.165) is 13.1 Å². The van der Waals surface area contributed by atoms with E-state index in [2.05, 4.69) is 12.2 Å². The molecule has 0 unspecified atom stereocenters. The highest BCUT2D eigenvalue weighted by Crippen LogP contribution is 1.86. The molecule has 0 saturated carbocycles. The van der Waals surface area contributed by atoms with Gasteiger partial charge in [0.25, 0.3) is 0 Å². The van der Waals surface area contributed by atoms with E-state index in [1.807, 2.05) is 20.9 Å². The molecule has 0 saturated heterocycles. The molecule has 0 rings (SSSR count). The van der Waals surface area contributed by atoms with Gasteiger partial charge in [0.2, 0.25) is 0 Å². The van der Waals surface area contributed by atoms with Crippen LogP contribution in [0.15, 0.2) is 0 Å². The molecule has 0 aliphatic carbocycles. The Labute approximate surface area is 83.3 Å². The molecular formula is C9H27N3O. The number of hydroxylamine groups is 3. The Bertz CT molecular complexity index is 69.8. The van der Waals surface area contributed by atoms with Crippen molar-refractivity contribution in [2.24, 2.45) is 5.73 Å². The van der Waals surface area contributed by atoms with Crippen molar-refractivity contribution in [1.29, 1.82) is 0 Å². The van der Waals surface area contributed by atoms with Gasteiger partial charge in [-0.15, -0.1) is 0 Å². The number of rotatable bonds is 2. The summed E-state index contributed by atoms with van der Waals surface area (Å²) in [5, 5.41) is 13.3. The molecule has 0 aromatic rings. The van der Waals surface area contributed by atoms with Gasteiger partial charge in [-0.25, -0.2) is 0 Å². The number of hydrogen-bond acceptors (Lipinski definition) is 3. The van der Waals surface area contributed by atoms with Crippen molar-refractivity contribution in [3.8, 4) is 0 Å². The molecular weight excluding hydrogens is 166 g/mol. The summed E-state index contributed by atoms with van der Waals surface area (Å²) in [6.07, 6.45) is 0. The summed E-state index contributed by atoms with van der Waals surface area (Å²) in [6, 6.07) is 0.